The minimum absolute atomic E-state index is 0.0708. The van der Waals surface area contributed by atoms with Gasteiger partial charge < -0.3 is 10.0 Å². The first-order valence-electron chi connectivity index (χ1n) is 6.34. The quantitative estimate of drug-likeness (QED) is 0.575. The van der Waals surface area contributed by atoms with Crippen LogP contribution in [0.25, 0.3) is 0 Å². The number of aliphatic carboxylic acids is 1. The second-order valence-electron chi connectivity index (χ2n) is 4.79. The van der Waals surface area contributed by atoms with Crippen LogP contribution in [0.3, 0.4) is 0 Å². The zero-order chi connectivity index (χ0) is 16.0. The predicted molar refractivity (Wildman–Crippen MR) is 75.9 cm³/mol. The smallest absolute Gasteiger partial charge is 0.317 e. The molecule has 1 amide bonds. The summed E-state index contributed by atoms with van der Waals surface area (Å²) in [6.07, 6.45) is 6.27. The van der Waals surface area contributed by atoms with E-state index in [2.05, 4.69) is 5.92 Å². The Kier molecular flexibility index (Phi) is 6.14. The van der Waals surface area contributed by atoms with Crippen molar-refractivity contribution in [2.24, 2.45) is 0 Å². The van der Waals surface area contributed by atoms with Crippen LogP contribution in [-0.4, -0.2) is 91.6 Å². The summed E-state index contributed by atoms with van der Waals surface area (Å²) in [6, 6.07) is 0. The molecule has 1 aliphatic rings. The van der Waals surface area contributed by atoms with Crippen molar-refractivity contribution in [1.82, 2.24) is 14.1 Å². The Bertz CT molecular complexity index is 532. The number of carbonyl (C=O) groups is 2. The van der Waals surface area contributed by atoms with E-state index in [1.807, 2.05) is 0 Å². The lowest BCUT2D eigenvalue weighted by Gasteiger charge is -2.34. The molecular weight excluding hydrogens is 298 g/mol. The van der Waals surface area contributed by atoms with E-state index in [1.165, 1.54) is 14.1 Å². The molecule has 21 heavy (non-hydrogen) atoms. The topological polar surface area (TPSA) is 98.2 Å². The average molecular weight is 317 g/mol. The normalized spacial score (nSPS) is 16.7. The molecule has 0 aliphatic carbocycles. The Balaban J connectivity index is 2.53. The summed E-state index contributed by atoms with van der Waals surface area (Å²) >= 11 is 0. The van der Waals surface area contributed by atoms with Gasteiger partial charge in [0, 0.05) is 26.2 Å². The first-order valence-corrected chi connectivity index (χ1v) is 8.19. The number of nitrogens with zero attached hydrogens (tertiary/aromatic N) is 3. The molecule has 1 saturated heterocycles. The van der Waals surface area contributed by atoms with Crippen molar-refractivity contribution < 1.29 is 23.1 Å². The predicted octanol–water partition coefficient (Wildman–Crippen LogP) is -1.89. The molecule has 118 valence electrons. The molecule has 1 N–H and O–H groups in total. The Morgan fingerprint density at radius 2 is 1.81 bits per heavy atom. The molecule has 0 unspecified atom stereocenters. The summed E-state index contributed by atoms with van der Waals surface area (Å²) < 4.78 is 24.1. The van der Waals surface area contributed by atoms with Crippen molar-refractivity contribution in [3.05, 3.63) is 0 Å². The van der Waals surface area contributed by atoms with Crippen molar-refractivity contribution in [2.75, 3.05) is 52.1 Å². The number of hydrogen-bond donors (Lipinski definition) is 1. The Morgan fingerprint density at radius 1 is 1.24 bits per heavy atom. The van der Waals surface area contributed by atoms with Gasteiger partial charge in [-0.1, -0.05) is 5.92 Å². The summed E-state index contributed by atoms with van der Waals surface area (Å²) in [7, 11) is -3.24. The number of sulfonamides is 1. The maximum Gasteiger partial charge on any atom is 0.317 e. The van der Waals surface area contributed by atoms with E-state index in [4.69, 9.17) is 11.5 Å². The van der Waals surface area contributed by atoms with Gasteiger partial charge in [0.2, 0.25) is 15.9 Å². The maximum absolute atomic E-state index is 12.1. The summed E-state index contributed by atoms with van der Waals surface area (Å²) in [4.78, 5) is 25.6. The number of carboxylic acids is 1. The molecule has 1 rings (SSSR count). The molecule has 1 heterocycles. The molecule has 0 atom stereocenters. The molecule has 0 aromatic carbocycles. The Morgan fingerprint density at radius 3 is 2.24 bits per heavy atom. The highest BCUT2D eigenvalue weighted by molar-refractivity contribution is 7.88. The lowest BCUT2D eigenvalue weighted by atomic mass is 10.3. The summed E-state index contributed by atoms with van der Waals surface area (Å²) in [5.74, 6) is 1.01. The highest BCUT2D eigenvalue weighted by Gasteiger charge is 2.26. The molecular formula is C12H19N3O5S. The molecule has 9 heteroatoms. The highest BCUT2D eigenvalue weighted by atomic mass is 32.2. The first-order chi connectivity index (χ1) is 9.74. The van der Waals surface area contributed by atoms with Gasteiger partial charge in [-0.2, -0.15) is 4.31 Å². The molecule has 1 aliphatic heterocycles. The van der Waals surface area contributed by atoms with E-state index < -0.39 is 16.0 Å². The molecule has 0 radical (unpaired) electrons. The average Bonchev–Trinajstić information content (AvgIpc) is 2.37. The van der Waals surface area contributed by atoms with Gasteiger partial charge in [-0.05, 0) is 0 Å². The number of carboxylic acid groups (broad SMARTS) is 1. The molecule has 0 bridgehead atoms. The van der Waals surface area contributed by atoms with Crippen LogP contribution < -0.4 is 0 Å². The third kappa shape index (κ3) is 5.71. The number of terminal acetylenes is 1. The fourth-order valence-corrected chi connectivity index (χ4v) is 2.88. The van der Waals surface area contributed by atoms with Crippen molar-refractivity contribution in [1.29, 1.82) is 0 Å². The molecule has 0 spiro atoms. The number of hydrogen-bond acceptors (Lipinski definition) is 5. The molecule has 0 aromatic rings. The van der Waals surface area contributed by atoms with Crippen LogP contribution in [0, 0.1) is 12.3 Å². The minimum atomic E-state index is -3.24. The van der Waals surface area contributed by atoms with E-state index in [0.29, 0.717) is 13.1 Å². The molecule has 8 nitrogen and oxygen atoms in total. The standard InChI is InChI=1S/C12H19N3O5S/c1-3-4-13(10-12(17)18)9-11(16)14-5-7-15(8-6-14)21(2,19)20/h1H,4-10H2,2H3,(H,17,18). The fraction of sp³-hybridized carbons (Fsp3) is 0.667. The molecule has 1 fully saturated rings. The SMILES string of the molecule is C#CCN(CC(=O)O)CC(=O)N1CCN(S(C)(=O)=O)CC1. The van der Waals surface area contributed by atoms with Gasteiger partial charge in [0.15, 0.2) is 0 Å². The monoisotopic (exact) mass is 317 g/mol. The van der Waals surface area contributed by atoms with Gasteiger partial charge in [0.05, 0.1) is 25.9 Å². The Labute approximate surface area is 124 Å². The number of rotatable bonds is 6. The van der Waals surface area contributed by atoms with E-state index in [0.717, 1.165) is 6.26 Å². The van der Waals surface area contributed by atoms with Crippen LogP contribution >= 0.6 is 0 Å². The summed E-state index contributed by atoms with van der Waals surface area (Å²) in [5, 5.41) is 8.75. The second-order valence-corrected chi connectivity index (χ2v) is 6.77. The number of carbonyl (C=O) groups excluding carboxylic acids is 1. The van der Waals surface area contributed by atoms with Gasteiger partial charge in [0.25, 0.3) is 0 Å². The van der Waals surface area contributed by atoms with Crippen molar-refractivity contribution in [3.63, 3.8) is 0 Å². The Hall–Kier alpha value is -1.63. The van der Waals surface area contributed by atoms with Gasteiger partial charge in [-0.15, -0.1) is 6.42 Å². The lowest BCUT2D eigenvalue weighted by Crippen LogP contribution is -2.52. The largest absolute Gasteiger partial charge is 0.480 e. The lowest BCUT2D eigenvalue weighted by molar-refractivity contribution is -0.139. The van der Waals surface area contributed by atoms with E-state index in [1.54, 1.807) is 0 Å². The molecule has 0 aromatic heterocycles. The minimum Gasteiger partial charge on any atom is -0.480 e. The van der Waals surface area contributed by atoms with Crippen LogP contribution in [0.15, 0.2) is 0 Å². The van der Waals surface area contributed by atoms with E-state index in [9.17, 15) is 18.0 Å². The zero-order valence-electron chi connectivity index (χ0n) is 11.9. The van der Waals surface area contributed by atoms with Gasteiger partial charge in [-0.3, -0.25) is 14.5 Å². The number of amides is 1. The zero-order valence-corrected chi connectivity index (χ0v) is 12.7. The van der Waals surface area contributed by atoms with Crippen LogP contribution in [0.2, 0.25) is 0 Å². The van der Waals surface area contributed by atoms with Gasteiger partial charge in [0.1, 0.15) is 0 Å². The highest BCUT2D eigenvalue weighted by Crippen LogP contribution is 2.06. The van der Waals surface area contributed by atoms with Crippen LogP contribution in [-0.2, 0) is 19.6 Å². The maximum atomic E-state index is 12.1. The van der Waals surface area contributed by atoms with Crippen molar-refractivity contribution in [3.8, 4) is 12.3 Å². The van der Waals surface area contributed by atoms with Crippen molar-refractivity contribution in [2.45, 2.75) is 0 Å². The number of piperazine rings is 1. The van der Waals surface area contributed by atoms with Gasteiger partial charge >= 0.3 is 5.97 Å². The van der Waals surface area contributed by atoms with Crippen molar-refractivity contribution >= 4 is 21.9 Å². The summed E-state index contributed by atoms with van der Waals surface area (Å²) in [6.45, 7) is 0.763. The van der Waals surface area contributed by atoms with E-state index >= 15 is 0 Å². The third-order valence-electron chi connectivity index (χ3n) is 3.09. The summed E-state index contributed by atoms with van der Waals surface area (Å²) in [5.41, 5.74) is 0. The molecule has 0 saturated carbocycles. The van der Waals surface area contributed by atoms with Crippen LogP contribution in [0.5, 0.6) is 0 Å². The third-order valence-corrected chi connectivity index (χ3v) is 4.40. The van der Waals surface area contributed by atoms with Gasteiger partial charge in [-0.25, -0.2) is 8.42 Å². The first kappa shape index (κ1) is 17.4. The second kappa shape index (κ2) is 7.40. The fourth-order valence-electron chi connectivity index (χ4n) is 2.05. The van der Waals surface area contributed by atoms with Crippen LogP contribution in [0.4, 0.5) is 0 Å². The van der Waals surface area contributed by atoms with E-state index in [-0.39, 0.29) is 38.6 Å². The van der Waals surface area contributed by atoms with Crippen LogP contribution in [0.1, 0.15) is 0 Å².